The molecule has 1 heterocycles. The van der Waals surface area contributed by atoms with Crippen molar-refractivity contribution >= 4 is 22.8 Å². The molecule has 0 saturated heterocycles. The minimum absolute atomic E-state index is 0. The van der Waals surface area contributed by atoms with Crippen LogP contribution in [-0.4, -0.2) is 34.5 Å². The Bertz CT molecular complexity index is 534. The van der Waals surface area contributed by atoms with Crippen molar-refractivity contribution in [1.82, 2.24) is 0 Å². The van der Waals surface area contributed by atoms with Gasteiger partial charge in [0.25, 0.3) is 0 Å². The average molecular weight is 289 g/mol. The number of rotatable bonds is 3. The van der Waals surface area contributed by atoms with Crippen molar-refractivity contribution in [3.8, 4) is 11.5 Å². The fourth-order valence-corrected chi connectivity index (χ4v) is 2.74. The molecule has 1 atom stereocenters. The van der Waals surface area contributed by atoms with Crippen molar-refractivity contribution in [2.24, 2.45) is 4.99 Å². The smallest absolute Gasteiger partial charge is 0.547 e. The van der Waals surface area contributed by atoms with Crippen molar-refractivity contribution in [2.45, 2.75) is 12.5 Å². The molecule has 1 aromatic carbocycles. The molecule has 1 aliphatic rings. The standard InChI is InChI=1S/C12H13NO4S.Na/c1-12(11(15)16)6-18-10(13-12)8-5-7(17-2)3-4-9(8)14;/h3-5,14H,6H2,1-2H3,(H,15,16);/q;+1/p-1/t12-;/m1./s1. The third-order valence-electron chi connectivity index (χ3n) is 2.71. The number of ether oxygens (including phenoxy) is 1. The predicted molar refractivity (Wildman–Crippen MR) is 67.1 cm³/mol. The molecule has 7 heteroatoms. The number of aromatic hydroxyl groups is 1. The summed E-state index contributed by atoms with van der Waals surface area (Å²) in [5, 5.41) is 21.3. The van der Waals surface area contributed by atoms with Crippen LogP contribution in [0.3, 0.4) is 0 Å². The molecule has 5 nitrogen and oxygen atoms in total. The third-order valence-corrected chi connectivity index (χ3v) is 4.00. The molecule has 1 aromatic rings. The molecular weight excluding hydrogens is 277 g/mol. The van der Waals surface area contributed by atoms with Crippen LogP contribution in [0.4, 0.5) is 0 Å². The second-order valence-electron chi connectivity index (χ2n) is 4.15. The van der Waals surface area contributed by atoms with E-state index >= 15 is 0 Å². The monoisotopic (exact) mass is 289 g/mol. The fraction of sp³-hybridized carbons (Fsp3) is 0.333. The van der Waals surface area contributed by atoms with Crippen molar-refractivity contribution < 1.29 is 49.3 Å². The summed E-state index contributed by atoms with van der Waals surface area (Å²) in [4.78, 5) is 15.1. The van der Waals surface area contributed by atoms with Gasteiger partial charge in [0.1, 0.15) is 22.1 Å². The van der Waals surface area contributed by atoms with E-state index in [1.165, 1.54) is 31.9 Å². The molecule has 0 radical (unpaired) electrons. The van der Waals surface area contributed by atoms with Crippen LogP contribution in [0, 0.1) is 0 Å². The number of aliphatic carboxylic acids is 1. The van der Waals surface area contributed by atoms with Gasteiger partial charge in [0, 0.05) is 5.75 Å². The summed E-state index contributed by atoms with van der Waals surface area (Å²) < 4.78 is 5.06. The van der Waals surface area contributed by atoms with Gasteiger partial charge in [-0.2, -0.15) is 0 Å². The van der Waals surface area contributed by atoms with Gasteiger partial charge in [-0.3, -0.25) is 4.99 Å². The maximum Gasteiger partial charge on any atom is 1.00 e. The van der Waals surface area contributed by atoms with Gasteiger partial charge in [0.05, 0.1) is 18.6 Å². The van der Waals surface area contributed by atoms with Crippen LogP contribution >= 0.6 is 11.8 Å². The number of nitrogens with zero attached hydrogens (tertiary/aromatic N) is 1. The van der Waals surface area contributed by atoms with Crippen LogP contribution in [0.2, 0.25) is 0 Å². The number of hydrogen-bond acceptors (Lipinski definition) is 6. The Balaban J connectivity index is 0.00000180. The first-order valence-electron chi connectivity index (χ1n) is 5.28. The minimum Gasteiger partial charge on any atom is -0.547 e. The minimum atomic E-state index is -1.24. The Kier molecular flexibility index (Phi) is 5.32. The SMILES string of the molecule is COc1ccc(O)c(C2=N[C@@](C)(C(=O)[O-])CS2)c1.[Na+]. The number of phenols is 1. The Morgan fingerprint density at radius 3 is 2.79 bits per heavy atom. The summed E-state index contributed by atoms with van der Waals surface area (Å²) in [6.45, 7) is 1.50. The first-order valence-corrected chi connectivity index (χ1v) is 6.26. The zero-order chi connectivity index (χ0) is 13.3. The molecule has 1 aliphatic heterocycles. The van der Waals surface area contributed by atoms with Crippen molar-refractivity contribution in [3.05, 3.63) is 23.8 Å². The number of phenolic OH excluding ortho intramolecular Hbond substituents is 1. The summed E-state index contributed by atoms with van der Waals surface area (Å²) in [7, 11) is 1.52. The first kappa shape index (κ1) is 16.4. The Morgan fingerprint density at radius 2 is 2.26 bits per heavy atom. The summed E-state index contributed by atoms with van der Waals surface area (Å²) >= 11 is 1.28. The zero-order valence-corrected chi connectivity index (χ0v) is 13.8. The first-order chi connectivity index (χ1) is 8.46. The van der Waals surface area contributed by atoms with Gasteiger partial charge in [0.15, 0.2) is 0 Å². The summed E-state index contributed by atoms with van der Waals surface area (Å²) in [5.74, 6) is -0.299. The Morgan fingerprint density at radius 1 is 1.58 bits per heavy atom. The molecule has 1 N–H and O–H groups in total. The Labute approximate surface area is 137 Å². The average Bonchev–Trinajstić information content (AvgIpc) is 2.74. The number of carbonyl (C=O) groups excluding carboxylic acids is 1. The van der Waals surface area contributed by atoms with Gasteiger partial charge in [0.2, 0.25) is 0 Å². The number of aliphatic imine (C=N–C) groups is 1. The van der Waals surface area contributed by atoms with Gasteiger partial charge < -0.3 is 19.7 Å². The van der Waals surface area contributed by atoms with E-state index in [9.17, 15) is 15.0 Å². The largest absolute Gasteiger partial charge is 1.00 e. The molecule has 96 valence electrons. The maximum absolute atomic E-state index is 11.0. The van der Waals surface area contributed by atoms with Gasteiger partial charge in [-0.05, 0) is 25.1 Å². The number of methoxy groups -OCH3 is 1. The maximum atomic E-state index is 11.0. The van der Waals surface area contributed by atoms with E-state index in [1.807, 2.05) is 0 Å². The van der Waals surface area contributed by atoms with Crippen LogP contribution in [0.15, 0.2) is 23.2 Å². The second kappa shape index (κ2) is 6.17. The normalized spacial score (nSPS) is 21.5. The van der Waals surface area contributed by atoms with E-state index in [1.54, 1.807) is 12.1 Å². The molecule has 0 unspecified atom stereocenters. The fourth-order valence-electron chi connectivity index (χ4n) is 1.55. The number of carbonyl (C=O) groups is 1. The van der Waals surface area contributed by atoms with Crippen LogP contribution in [0.5, 0.6) is 11.5 Å². The molecule has 0 saturated carbocycles. The molecule has 0 aliphatic carbocycles. The van der Waals surface area contributed by atoms with Gasteiger partial charge in [-0.15, -0.1) is 11.8 Å². The molecule has 19 heavy (non-hydrogen) atoms. The number of benzene rings is 1. The van der Waals surface area contributed by atoms with E-state index in [-0.39, 0.29) is 35.3 Å². The van der Waals surface area contributed by atoms with E-state index < -0.39 is 11.5 Å². The van der Waals surface area contributed by atoms with E-state index in [0.717, 1.165) is 0 Å². The Hall–Kier alpha value is -0.690. The van der Waals surface area contributed by atoms with Gasteiger partial charge >= 0.3 is 29.6 Å². The topological polar surface area (TPSA) is 82.0 Å². The summed E-state index contributed by atoms with van der Waals surface area (Å²) in [6, 6.07) is 4.74. The third kappa shape index (κ3) is 3.25. The van der Waals surface area contributed by atoms with Crippen LogP contribution < -0.4 is 39.4 Å². The van der Waals surface area contributed by atoms with E-state index in [4.69, 9.17) is 4.74 Å². The molecule has 0 fully saturated rings. The molecular formula is C12H12NNaO4S. The number of hydrogen-bond donors (Lipinski definition) is 1. The molecule has 0 spiro atoms. The van der Waals surface area contributed by atoms with Crippen molar-refractivity contribution in [1.29, 1.82) is 0 Å². The molecule has 0 aromatic heterocycles. The van der Waals surface area contributed by atoms with Crippen LogP contribution in [0.1, 0.15) is 12.5 Å². The summed E-state index contributed by atoms with van der Waals surface area (Å²) in [5.41, 5.74) is -0.764. The predicted octanol–water partition coefficient (Wildman–Crippen LogP) is -2.59. The van der Waals surface area contributed by atoms with Gasteiger partial charge in [-0.1, -0.05) is 0 Å². The second-order valence-corrected chi connectivity index (χ2v) is 5.11. The summed E-state index contributed by atoms with van der Waals surface area (Å²) in [6.07, 6.45) is 0. The van der Waals surface area contributed by atoms with Crippen molar-refractivity contribution in [3.63, 3.8) is 0 Å². The van der Waals surface area contributed by atoms with Crippen LogP contribution in [-0.2, 0) is 4.79 Å². The van der Waals surface area contributed by atoms with E-state index in [0.29, 0.717) is 22.1 Å². The molecule has 0 amide bonds. The number of carboxylic acid groups (broad SMARTS) is 1. The van der Waals surface area contributed by atoms with Crippen molar-refractivity contribution in [2.75, 3.05) is 12.9 Å². The van der Waals surface area contributed by atoms with E-state index in [2.05, 4.69) is 4.99 Å². The quantitative estimate of drug-likeness (QED) is 0.617. The molecule has 2 rings (SSSR count). The number of carboxylic acids is 1. The zero-order valence-electron chi connectivity index (χ0n) is 11.0. The number of thioether (sulfide) groups is 1. The molecule has 0 bridgehead atoms. The van der Waals surface area contributed by atoms with Gasteiger partial charge in [-0.25, -0.2) is 0 Å². The van der Waals surface area contributed by atoms with Crippen LogP contribution in [0.25, 0.3) is 0 Å².